The SMILES string of the molecule is C=C(COc1cccnc1[N+](=O)[O-])C(=O)OC. The van der Waals surface area contributed by atoms with Gasteiger partial charge in [-0.25, -0.2) is 4.79 Å². The van der Waals surface area contributed by atoms with E-state index in [-0.39, 0.29) is 17.9 Å². The lowest BCUT2D eigenvalue weighted by Crippen LogP contribution is -2.12. The number of pyridine rings is 1. The van der Waals surface area contributed by atoms with E-state index in [0.29, 0.717) is 0 Å². The summed E-state index contributed by atoms with van der Waals surface area (Å²) in [4.78, 5) is 24.5. The van der Waals surface area contributed by atoms with E-state index in [1.54, 1.807) is 0 Å². The molecule has 1 aromatic heterocycles. The normalized spacial score (nSPS) is 9.47. The third-order valence-corrected chi connectivity index (χ3v) is 1.80. The zero-order valence-corrected chi connectivity index (χ0v) is 9.08. The molecule has 0 aromatic carbocycles. The summed E-state index contributed by atoms with van der Waals surface area (Å²) < 4.78 is 9.49. The molecule has 0 aliphatic heterocycles. The number of nitro groups is 1. The Labute approximate surface area is 96.8 Å². The molecule has 0 amide bonds. The zero-order chi connectivity index (χ0) is 12.8. The van der Waals surface area contributed by atoms with Gasteiger partial charge in [0.15, 0.2) is 0 Å². The zero-order valence-electron chi connectivity index (χ0n) is 9.08. The van der Waals surface area contributed by atoms with Gasteiger partial charge in [-0.2, -0.15) is 0 Å². The molecule has 1 heterocycles. The molecule has 0 fully saturated rings. The van der Waals surface area contributed by atoms with Crippen LogP contribution >= 0.6 is 0 Å². The molecule has 0 aliphatic rings. The second-order valence-electron chi connectivity index (χ2n) is 2.97. The largest absolute Gasteiger partial charge is 0.481 e. The molecule has 0 radical (unpaired) electrons. The molecule has 0 N–H and O–H groups in total. The first-order valence-corrected chi connectivity index (χ1v) is 4.54. The number of hydrogen-bond donors (Lipinski definition) is 0. The molecular weight excluding hydrogens is 228 g/mol. The van der Waals surface area contributed by atoms with Crippen molar-refractivity contribution in [2.75, 3.05) is 13.7 Å². The Morgan fingerprint density at radius 2 is 2.35 bits per heavy atom. The van der Waals surface area contributed by atoms with Gasteiger partial charge >= 0.3 is 11.8 Å². The molecule has 0 atom stereocenters. The van der Waals surface area contributed by atoms with Crippen molar-refractivity contribution in [3.63, 3.8) is 0 Å². The van der Waals surface area contributed by atoms with E-state index >= 15 is 0 Å². The van der Waals surface area contributed by atoms with Crippen molar-refractivity contribution in [1.29, 1.82) is 0 Å². The summed E-state index contributed by atoms with van der Waals surface area (Å²) >= 11 is 0. The minimum Gasteiger partial charge on any atom is -0.481 e. The van der Waals surface area contributed by atoms with Crippen LogP contribution < -0.4 is 4.74 Å². The Morgan fingerprint density at radius 3 is 2.94 bits per heavy atom. The smallest absolute Gasteiger partial charge is 0.406 e. The number of hydrogen-bond acceptors (Lipinski definition) is 6. The van der Waals surface area contributed by atoms with Gasteiger partial charge in [0.05, 0.1) is 12.7 Å². The highest BCUT2D eigenvalue weighted by atomic mass is 16.6. The van der Waals surface area contributed by atoms with Gasteiger partial charge in [-0.1, -0.05) is 6.58 Å². The fourth-order valence-electron chi connectivity index (χ4n) is 1.00. The highest BCUT2D eigenvalue weighted by Gasteiger charge is 2.16. The Hall–Kier alpha value is -2.44. The molecule has 0 saturated heterocycles. The van der Waals surface area contributed by atoms with Crippen LogP contribution in [-0.4, -0.2) is 29.6 Å². The molecule has 1 rings (SSSR count). The minimum atomic E-state index is -0.670. The Kier molecular flexibility index (Phi) is 4.15. The van der Waals surface area contributed by atoms with Gasteiger partial charge in [0.1, 0.15) is 12.8 Å². The quantitative estimate of drug-likeness (QED) is 0.330. The average molecular weight is 238 g/mol. The molecule has 17 heavy (non-hydrogen) atoms. The molecule has 0 bridgehead atoms. The number of carbonyl (C=O) groups excluding carboxylic acids is 1. The maximum atomic E-state index is 11.0. The maximum Gasteiger partial charge on any atom is 0.406 e. The minimum absolute atomic E-state index is 0.0254. The third-order valence-electron chi connectivity index (χ3n) is 1.80. The van der Waals surface area contributed by atoms with Gasteiger partial charge < -0.3 is 19.6 Å². The summed E-state index contributed by atoms with van der Waals surface area (Å²) in [5.74, 6) is -1.07. The lowest BCUT2D eigenvalue weighted by atomic mass is 10.3. The Bertz CT molecular complexity index is 458. The molecule has 0 spiro atoms. The van der Waals surface area contributed by atoms with Crippen molar-refractivity contribution in [2.24, 2.45) is 0 Å². The number of ether oxygens (including phenoxy) is 2. The number of nitrogens with zero attached hydrogens (tertiary/aromatic N) is 2. The Morgan fingerprint density at radius 1 is 1.65 bits per heavy atom. The molecule has 0 unspecified atom stereocenters. The van der Waals surface area contributed by atoms with E-state index in [2.05, 4.69) is 16.3 Å². The highest BCUT2D eigenvalue weighted by molar-refractivity contribution is 5.87. The first-order valence-electron chi connectivity index (χ1n) is 4.54. The van der Waals surface area contributed by atoms with Gasteiger partial charge in [0.25, 0.3) is 0 Å². The fraction of sp³-hybridized carbons (Fsp3) is 0.200. The fourth-order valence-corrected chi connectivity index (χ4v) is 1.00. The van der Waals surface area contributed by atoms with Crippen LogP contribution in [0.25, 0.3) is 0 Å². The summed E-state index contributed by atoms with van der Waals surface area (Å²) in [6.45, 7) is 3.23. The Balaban J connectivity index is 2.73. The molecular formula is C10H10N2O5. The van der Waals surface area contributed by atoms with E-state index in [9.17, 15) is 14.9 Å². The predicted molar refractivity (Wildman–Crippen MR) is 57.5 cm³/mol. The summed E-state index contributed by atoms with van der Waals surface area (Å²) in [5, 5.41) is 10.6. The highest BCUT2D eigenvalue weighted by Crippen LogP contribution is 2.23. The molecule has 7 nitrogen and oxygen atoms in total. The number of carbonyl (C=O) groups is 1. The van der Waals surface area contributed by atoms with Crippen LogP contribution in [0, 0.1) is 10.1 Å². The molecule has 0 saturated carbocycles. The average Bonchev–Trinajstić information content (AvgIpc) is 2.35. The van der Waals surface area contributed by atoms with Crippen molar-refractivity contribution in [1.82, 2.24) is 4.98 Å². The molecule has 90 valence electrons. The van der Waals surface area contributed by atoms with Gasteiger partial charge in [-0.15, -0.1) is 0 Å². The first kappa shape index (κ1) is 12.6. The van der Waals surface area contributed by atoms with Gasteiger partial charge in [0.2, 0.25) is 5.75 Å². The maximum absolute atomic E-state index is 11.0. The summed E-state index contributed by atoms with van der Waals surface area (Å²) in [6.07, 6.45) is 1.28. The first-order chi connectivity index (χ1) is 8.06. The van der Waals surface area contributed by atoms with Gasteiger partial charge in [-0.3, -0.25) is 0 Å². The van der Waals surface area contributed by atoms with E-state index < -0.39 is 16.7 Å². The van der Waals surface area contributed by atoms with Crippen LogP contribution in [0.5, 0.6) is 5.75 Å². The molecule has 7 heteroatoms. The van der Waals surface area contributed by atoms with E-state index in [1.807, 2.05) is 0 Å². The van der Waals surface area contributed by atoms with Crippen LogP contribution in [-0.2, 0) is 9.53 Å². The van der Waals surface area contributed by atoms with Crippen LogP contribution in [0.3, 0.4) is 0 Å². The van der Waals surface area contributed by atoms with Crippen LogP contribution in [0.2, 0.25) is 0 Å². The van der Waals surface area contributed by atoms with E-state index in [0.717, 1.165) is 0 Å². The summed E-state index contributed by atoms with van der Waals surface area (Å²) in [7, 11) is 1.21. The van der Waals surface area contributed by atoms with Crippen molar-refractivity contribution >= 4 is 11.8 Å². The van der Waals surface area contributed by atoms with Crippen molar-refractivity contribution in [3.05, 3.63) is 40.6 Å². The topological polar surface area (TPSA) is 91.6 Å². The second-order valence-corrected chi connectivity index (χ2v) is 2.97. The van der Waals surface area contributed by atoms with Crippen molar-refractivity contribution < 1.29 is 19.2 Å². The van der Waals surface area contributed by atoms with Gasteiger partial charge in [-0.05, 0) is 22.0 Å². The van der Waals surface area contributed by atoms with Crippen molar-refractivity contribution in [2.45, 2.75) is 0 Å². The third kappa shape index (κ3) is 3.26. The number of methoxy groups -OCH3 is 1. The number of esters is 1. The lowest BCUT2D eigenvalue weighted by Gasteiger charge is -2.06. The number of aromatic nitrogens is 1. The van der Waals surface area contributed by atoms with Crippen LogP contribution in [0.15, 0.2) is 30.5 Å². The van der Waals surface area contributed by atoms with Crippen LogP contribution in [0.4, 0.5) is 5.82 Å². The van der Waals surface area contributed by atoms with E-state index in [1.165, 1.54) is 25.4 Å². The van der Waals surface area contributed by atoms with E-state index in [4.69, 9.17) is 4.74 Å². The second kappa shape index (κ2) is 5.59. The predicted octanol–water partition coefficient (Wildman–Crippen LogP) is 1.10. The molecule has 0 aliphatic carbocycles. The van der Waals surface area contributed by atoms with Crippen molar-refractivity contribution in [3.8, 4) is 5.75 Å². The lowest BCUT2D eigenvalue weighted by molar-refractivity contribution is -0.390. The summed E-state index contributed by atoms with van der Waals surface area (Å²) in [5.41, 5.74) is 0.0608. The monoisotopic (exact) mass is 238 g/mol. The summed E-state index contributed by atoms with van der Waals surface area (Å²) in [6, 6.07) is 2.87. The van der Waals surface area contributed by atoms with Gasteiger partial charge in [0, 0.05) is 0 Å². The van der Waals surface area contributed by atoms with Crippen LogP contribution in [0.1, 0.15) is 0 Å². The standard InChI is InChI=1S/C10H10N2O5/c1-7(10(13)16-2)6-17-8-4-3-5-11-9(8)12(14)15/h3-5H,1,6H2,2H3. The molecule has 1 aromatic rings. The number of rotatable bonds is 5.